The molecular weight excluding hydrogens is 1830 g/mol. The number of hydrogen-bond donors (Lipinski definition) is 0. The molecule has 4 amide bonds. The van der Waals surface area contributed by atoms with Crippen LogP contribution >= 0.6 is 0 Å². The predicted molar refractivity (Wildman–Crippen MR) is 624 cm³/mol. The highest BCUT2D eigenvalue weighted by Gasteiger charge is 2.41. The molecule has 0 saturated carbocycles. The van der Waals surface area contributed by atoms with Crippen molar-refractivity contribution in [3.63, 3.8) is 0 Å². The minimum absolute atomic E-state index is 0.0322. The van der Waals surface area contributed by atoms with Gasteiger partial charge in [0.15, 0.2) is 19.7 Å². The monoisotopic (exact) mass is 2080 g/mol. The number of ketones is 1. The zero-order valence-corrected chi connectivity index (χ0v) is 110. The summed E-state index contributed by atoms with van der Waals surface area (Å²) in [6.45, 7) is 132. The van der Waals surface area contributed by atoms with Crippen LogP contribution in [-0.2, 0) is 54.1 Å². The maximum absolute atomic E-state index is 12.1. The van der Waals surface area contributed by atoms with Crippen LogP contribution in [0.4, 0.5) is 4.79 Å². The Hall–Kier alpha value is -2.48. The van der Waals surface area contributed by atoms with Crippen LogP contribution < -0.4 is 0 Å². The minimum atomic E-state index is -3.04. The Morgan fingerprint density at radius 2 is 0.643 bits per heavy atom. The van der Waals surface area contributed by atoms with Crippen molar-refractivity contribution in [3.05, 3.63) is 0 Å². The summed E-state index contributed by atoms with van der Waals surface area (Å²) >= 11 is 0. The van der Waals surface area contributed by atoms with Gasteiger partial charge in [0.05, 0.1) is 31.5 Å². The Bertz CT molecular complexity index is 3700. The lowest BCUT2D eigenvalue weighted by Crippen LogP contribution is -2.56. The summed E-state index contributed by atoms with van der Waals surface area (Å²) in [6.07, 6.45) is 6.62. The molecule has 0 spiro atoms. The average molecular weight is 2080 g/mol. The standard InChI is InChI=1S/C14H31N.2C12H25NO.C11H25N.C11H22O.C10H22N2O.2C10H22O2S.C10H22.2C8H19NO2S/c1-11(2)10-13(5,6)15(9)14(7,8)12(3)4;1-9(2)8-13(7)11(14)12(5,6)10(3)4;1-9(2)8-12(5,6)13(7)11(14)10(3)4;1-9(2)8-11(5,6)12(7)10(3)4;1-8(2)7-11(5,6)10(12)9(3)4;1-8(2)7-11(5)10(13)12(6)9(3)4;1-8(2)7-13(11,12)10(5,6)9(3)4;1-8(2)7-10(5,6)13(11,12)9(3)4;1-8(2)7-10(5,6)9(3)4;1-7(2)6-12(10,11)9(5)8(3)4;1-7(2)6-9(5)12(10,11)8(3)4/h11-12H,10H2,1-9H3;2*9-10H,8H2,1-7H3;9-10H,8H2,1-7H3;8-9H,7H2,1-6H3;3*8-9H,7H2,1-6H3;8-9H,7H2,1-6H3;2*7-8H,6H2,1-5H3. The van der Waals surface area contributed by atoms with Crippen molar-refractivity contribution in [3.8, 4) is 0 Å². The van der Waals surface area contributed by atoms with E-state index in [1.165, 1.54) is 27.9 Å². The van der Waals surface area contributed by atoms with Gasteiger partial charge in [-0.3, -0.25) is 24.2 Å². The fraction of sp³-hybridized carbons (Fsp3) is 0.966. The molecule has 20 nitrogen and oxygen atoms in total. The first kappa shape index (κ1) is 160. The van der Waals surface area contributed by atoms with E-state index >= 15 is 0 Å². The highest BCUT2D eigenvalue weighted by atomic mass is 32.2. The molecule has 0 N–H and O–H groups in total. The third-order valence-electron chi connectivity index (χ3n) is 27.4. The van der Waals surface area contributed by atoms with Crippen LogP contribution in [0.5, 0.6) is 0 Å². The Morgan fingerprint density at radius 1 is 0.307 bits per heavy atom. The van der Waals surface area contributed by atoms with E-state index in [1.54, 1.807) is 51.6 Å². The lowest BCUT2D eigenvalue weighted by atomic mass is 9.75. The number of Topliss-reactive ketones (excluding diaryl/α,β-unsaturated/α-hetero) is 1. The smallest absolute Gasteiger partial charge is 0.319 e. The lowest BCUT2D eigenvalue weighted by Gasteiger charge is -2.49. The van der Waals surface area contributed by atoms with Gasteiger partial charge in [-0.15, -0.1) is 0 Å². The van der Waals surface area contributed by atoms with Crippen LogP contribution in [-0.4, -0.2) is 243 Å². The van der Waals surface area contributed by atoms with Gasteiger partial charge in [0.1, 0.15) is 5.78 Å². The summed E-state index contributed by atoms with van der Waals surface area (Å²) in [5.74, 6) is 9.51. The van der Waals surface area contributed by atoms with E-state index in [0.29, 0.717) is 76.7 Å². The maximum atomic E-state index is 12.1. The van der Waals surface area contributed by atoms with E-state index in [0.717, 1.165) is 56.0 Å². The first-order valence-electron chi connectivity index (χ1n) is 54.3. The number of nitrogens with zero attached hydrogens (tertiary/aromatic N) is 8. The third-order valence-corrected chi connectivity index (χ3v) is 38.1. The number of amides is 4. The second-order valence-corrected chi connectivity index (χ2v) is 64.7. The molecule has 0 rings (SSSR count). The molecule has 0 aliphatic rings. The zero-order chi connectivity index (χ0) is 116. The molecule has 0 fully saturated rings. The van der Waals surface area contributed by atoms with E-state index in [2.05, 4.69) is 273 Å². The molecule has 0 aromatic carbocycles. The molecule has 0 aliphatic carbocycles. The van der Waals surface area contributed by atoms with Gasteiger partial charge < -0.3 is 19.6 Å². The summed E-state index contributed by atoms with van der Waals surface area (Å²) in [6, 6.07) is 1.05. The molecule has 0 heterocycles. The van der Waals surface area contributed by atoms with Crippen molar-refractivity contribution in [2.75, 3.05) is 87.5 Å². The first-order valence-corrected chi connectivity index (χ1v) is 60.6. The summed E-state index contributed by atoms with van der Waals surface area (Å²) < 4.78 is 95.3. The second kappa shape index (κ2) is 70.5. The van der Waals surface area contributed by atoms with Crippen molar-refractivity contribution in [2.24, 2.45) is 117 Å². The van der Waals surface area contributed by atoms with E-state index in [1.807, 2.05) is 190 Å². The van der Waals surface area contributed by atoms with Crippen molar-refractivity contribution >= 4 is 63.3 Å². The summed E-state index contributed by atoms with van der Waals surface area (Å²) in [5.41, 5.74) is 0.984. The average Bonchev–Trinajstić information content (AvgIpc) is 0.807. The van der Waals surface area contributed by atoms with E-state index < -0.39 is 49.2 Å². The summed E-state index contributed by atoms with van der Waals surface area (Å²) in [4.78, 5) is 59.5. The van der Waals surface area contributed by atoms with Gasteiger partial charge in [-0.2, -0.15) is 0 Å². The largest absolute Gasteiger partial charge is 0.345 e. The molecule has 0 unspecified atom stereocenters. The van der Waals surface area contributed by atoms with E-state index in [-0.39, 0.29) is 109 Å². The quantitative estimate of drug-likeness (QED) is 0.0553. The van der Waals surface area contributed by atoms with Crippen LogP contribution in [0.15, 0.2) is 0 Å². The molecule has 0 aliphatic heterocycles. The number of carbonyl (C=O) groups is 4. The highest BCUT2D eigenvalue weighted by molar-refractivity contribution is 7.93. The molecular formula is C116H254N8O12S4. The number of sulfone groups is 2. The second-order valence-electron chi connectivity index (χ2n) is 54.3. The lowest BCUT2D eigenvalue weighted by molar-refractivity contribution is -0.141. The predicted octanol–water partition coefficient (Wildman–Crippen LogP) is 29.8. The highest BCUT2D eigenvalue weighted by Crippen LogP contribution is 2.37. The summed E-state index contributed by atoms with van der Waals surface area (Å²) in [7, 11) is 3.24. The normalized spacial score (nSPS) is 13.1. The molecule has 0 bridgehead atoms. The first-order chi connectivity index (χ1) is 61.4. The fourth-order valence-electron chi connectivity index (χ4n) is 16.2. The third kappa shape index (κ3) is 69.7. The van der Waals surface area contributed by atoms with Gasteiger partial charge >= 0.3 is 6.03 Å². The molecule has 0 aromatic rings. The number of sulfonamides is 2. The number of hydrogen-bond acceptors (Lipinski definition) is 14. The van der Waals surface area contributed by atoms with Gasteiger partial charge in [0.2, 0.25) is 31.9 Å². The molecule has 0 aromatic heterocycles. The van der Waals surface area contributed by atoms with Crippen LogP contribution in [0, 0.1) is 117 Å². The van der Waals surface area contributed by atoms with Crippen LogP contribution in [0.2, 0.25) is 0 Å². The maximum Gasteiger partial charge on any atom is 0.319 e. The van der Waals surface area contributed by atoms with Crippen molar-refractivity contribution in [1.29, 1.82) is 0 Å². The number of urea groups is 1. The molecule has 140 heavy (non-hydrogen) atoms. The van der Waals surface area contributed by atoms with Gasteiger partial charge in [-0.05, 0) is 299 Å². The molecule has 0 saturated heterocycles. The molecule has 854 valence electrons. The number of rotatable bonds is 43. The summed E-state index contributed by atoms with van der Waals surface area (Å²) in [5, 5.41) is -0.595. The molecule has 0 radical (unpaired) electrons. The molecule has 0 atom stereocenters. The van der Waals surface area contributed by atoms with Gasteiger partial charge in [0, 0.05) is 125 Å². The Morgan fingerprint density at radius 3 is 0.893 bits per heavy atom. The SMILES string of the molecule is CC(C)CC(C)(C)C(=O)C(C)C.CC(C)CC(C)(C)C(C)C.CC(C)CC(C)(C)N(C)C(=O)C(C)C.CC(C)CC(C)(C)N(C)C(C)(C)C(C)C.CC(C)CC(C)(C)N(C)C(C)C.CC(C)CC(C)(C)S(=O)(=O)C(C)C.CC(C)CN(C)C(=O)C(C)(C)C(C)C.CC(C)CN(C)C(=O)N(C)C(C)C.CC(C)CN(C)S(=O)(=O)C(C)C.CC(C)CS(=O)(=O)C(C)(C)C(C)C.CC(C)CS(=O)(=O)N(C)C(C)C. The van der Waals surface area contributed by atoms with E-state index in [4.69, 9.17) is 0 Å². The van der Waals surface area contributed by atoms with Crippen molar-refractivity contribution in [2.45, 2.75) is 528 Å². The number of carbonyl (C=O) groups excluding carboxylic acids is 4. The van der Waals surface area contributed by atoms with E-state index in [9.17, 15) is 52.8 Å². The Kier molecular flexibility index (Phi) is 80.7. The van der Waals surface area contributed by atoms with Crippen LogP contribution in [0.1, 0.15) is 468 Å². The zero-order valence-electron chi connectivity index (χ0n) is 107. The van der Waals surface area contributed by atoms with Gasteiger partial charge in [0.25, 0.3) is 0 Å². The fourth-order valence-corrected chi connectivity index (χ4v) is 23.0. The minimum Gasteiger partial charge on any atom is -0.345 e. The van der Waals surface area contributed by atoms with Crippen molar-refractivity contribution in [1.82, 2.24) is 38.0 Å². The van der Waals surface area contributed by atoms with Gasteiger partial charge in [-0.1, -0.05) is 277 Å². The van der Waals surface area contributed by atoms with Crippen molar-refractivity contribution < 1.29 is 52.8 Å². The van der Waals surface area contributed by atoms with Crippen LogP contribution in [0.25, 0.3) is 0 Å². The van der Waals surface area contributed by atoms with Gasteiger partial charge in [-0.25, -0.2) is 47.1 Å². The molecule has 24 heteroatoms. The topological polar surface area (TPSA) is 231 Å². The Labute approximate surface area is 880 Å². The van der Waals surface area contributed by atoms with Crippen LogP contribution in [0.3, 0.4) is 0 Å². The Balaban J connectivity index is -0.000000145.